The molecule has 0 fully saturated rings. The van der Waals surface area contributed by atoms with E-state index in [9.17, 15) is 19.5 Å². The Morgan fingerprint density at radius 3 is 2.38 bits per heavy atom. The molecule has 2 unspecified atom stereocenters. The number of methoxy groups -OCH3 is 3. The Hall–Kier alpha value is -5.71. The lowest BCUT2D eigenvalue weighted by Gasteiger charge is -2.37. The first-order valence-corrected chi connectivity index (χ1v) is 17.0. The summed E-state index contributed by atoms with van der Waals surface area (Å²) in [5.74, 6) is -2.77. The molecule has 0 spiro atoms. The molecular weight excluding hydrogens is 660 g/mol. The largest absolute Gasteiger partial charge is 0.508 e. The average molecular weight is 707 g/mol. The van der Waals surface area contributed by atoms with E-state index in [1.807, 2.05) is 45.1 Å². The van der Waals surface area contributed by atoms with Crippen molar-refractivity contribution < 1.29 is 33.7 Å². The maximum Gasteiger partial charge on any atom is 0.334 e. The van der Waals surface area contributed by atoms with Crippen molar-refractivity contribution in [2.75, 3.05) is 27.9 Å². The number of aliphatic imine (C=N–C) groups is 2. The van der Waals surface area contributed by atoms with Crippen molar-refractivity contribution in [3.63, 3.8) is 0 Å². The number of hydrogen-bond acceptors (Lipinski definition) is 10. The highest BCUT2D eigenvalue weighted by Gasteiger charge is 2.54. The molecule has 1 aromatic heterocycles. The minimum atomic E-state index is -1.17. The Balaban J connectivity index is 1.75. The topological polar surface area (TPSA) is 152 Å². The Kier molecular flexibility index (Phi) is 10.7. The number of aromatic amines is 1. The number of nitrogens with one attached hydrogen (secondary N) is 2. The summed E-state index contributed by atoms with van der Waals surface area (Å²) in [6, 6.07) is -0.0610. The molecule has 3 N–H and O–H groups in total. The second kappa shape index (κ2) is 14.9. The van der Waals surface area contributed by atoms with Gasteiger partial charge in [0.25, 0.3) is 0 Å². The Morgan fingerprint density at radius 1 is 1.06 bits per heavy atom. The lowest BCUT2D eigenvalue weighted by Crippen LogP contribution is -2.44. The van der Waals surface area contributed by atoms with Gasteiger partial charge in [-0.05, 0) is 73.3 Å². The number of rotatable bonds is 11. The molecule has 4 aliphatic rings. The second-order valence-corrected chi connectivity index (χ2v) is 13.3. The highest BCUT2D eigenvalue weighted by molar-refractivity contribution is 6.22. The van der Waals surface area contributed by atoms with Gasteiger partial charge in [0.05, 0.1) is 67.4 Å². The van der Waals surface area contributed by atoms with E-state index in [0.717, 1.165) is 28.1 Å². The summed E-state index contributed by atoms with van der Waals surface area (Å²) < 4.78 is 15.3. The molecule has 1 aromatic rings. The standard InChI is InChI=1S/C41H46N4O7/c1-11-25-20-42-30(21(25)3)17-33-28-15-13-27(39(48)51-9)38(40(49)52-10)41(28,7)35(45-33)19-31-23(5)37(24(6)46)34(44-31)18-32-26(14-16-36(47)50-8)22(4)29(12-2)43-32/h11-13,15,17-19,22,29,38,43-44,46H,1-2,6,14,16,20H2,3-5,7-10H3/b31-19-,33-17-,34-18-/t22?,29?,38-,41+/m0/s1. The Morgan fingerprint density at radius 2 is 1.79 bits per heavy atom. The number of aliphatic hydroxyl groups is 1. The number of aromatic nitrogens is 1. The van der Waals surface area contributed by atoms with E-state index in [4.69, 9.17) is 24.2 Å². The normalized spacial score (nSPS) is 25.3. The molecule has 0 aromatic carbocycles. The van der Waals surface area contributed by atoms with Crippen LogP contribution in [0.25, 0.3) is 17.9 Å². The van der Waals surface area contributed by atoms with Crippen LogP contribution in [-0.2, 0) is 28.6 Å². The number of hydrogen-bond donors (Lipinski definition) is 3. The molecule has 0 radical (unpaired) electrons. The number of nitrogens with zero attached hydrogens (tertiary/aromatic N) is 2. The highest BCUT2D eigenvalue weighted by Crippen LogP contribution is 2.52. The van der Waals surface area contributed by atoms with Crippen LogP contribution in [0.1, 0.15) is 44.7 Å². The molecule has 4 heterocycles. The molecule has 52 heavy (non-hydrogen) atoms. The van der Waals surface area contributed by atoms with Crippen molar-refractivity contribution in [1.82, 2.24) is 10.3 Å². The molecule has 272 valence electrons. The van der Waals surface area contributed by atoms with Gasteiger partial charge in [0.15, 0.2) is 0 Å². The molecule has 11 heteroatoms. The third-order valence-corrected chi connectivity index (χ3v) is 10.6. The fraction of sp³-hybridized carbons (Fsp3) is 0.341. The second-order valence-electron chi connectivity index (χ2n) is 13.3. The van der Waals surface area contributed by atoms with Crippen LogP contribution in [0.5, 0.6) is 0 Å². The fourth-order valence-corrected chi connectivity index (χ4v) is 7.50. The van der Waals surface area contributed by atoms with Crippen LogP contribution < -0.4 is 16.0 Å². The summed E-state index contributed by atoms with van der Waals surface area (Å²) in [5, 5.41) is 15.5. The number of carbonyl (C=O) groups excluding carboxylic acids is 3. The van der Waals surface area contributed by atoms with Gasteiger partial charge in [-0.2, -0.15) is 0 Å². The summed E-state index contributed by atoms with van der Waals surface area (Å²) in [7, 11) is 3.91. The number of allylic oxidation sites excluding steroid dienone is 6. The van der Waals surface area contributed by atoms with Gasteiger partial charge in [0, 0.05) is 28.9 Å². The van der Waals surface area contributed by atoms with E-state index in [1.165, 1.54) is 21.3 Å². The lowest BCUT2D eigenvalue weighted by atomic mass is 9.63. The van der Waals surface area contributed by atoms with Gasteiger partial charge < -0.3 is 29.6 Å². The number of ether oxygens (including phenoxy) is 3. The smallest absolute Gasteiger partial charge is 0.334 e. The van der Waals surface area contributed by atoms with E-state index in [0.29, 0.717) is 51.8 Å². The number of fused-ring (bicyclic) bond motifs is 1. The first-order chi connectivity index (χ1) is 24.7. The van der Waals surface area contributed by atoms with Crippen LogP contribution in [0, 0.1) is 24.2 Å². The minimum Gasteiger partial charge on any atom is -0.508 e. The predicted octanol–water partition coefficient (Wildman–Crippen LogP) is 4.54. The zero-order valence-electron chi connectivity index (χ0n) is 30.8. The molecule has 5 rings (SSSR count). The molecule has 0 saturated carbocycles. The van der Waals surface area contributed by atoms with Gasteiger partial charge in [-0.25, -0.2) is 4.79 Å². The Bertz CT molecular complexity index is 2130. The van der Waals surface area contributed by atoms with Crippen molar-refractivity contribution >= 4 is 47.2 Å². The van der Waals surface area contributed by atoms with Crippen LogP contribution in [0.15, 0.2) is 99.4 Å². The maximum absolute atomic E-state index is 13.6. The summed E-state index contributed by atoms with van der Waals surface area (Å²) in [6.07, 6.45) is 13.3. The van der Waals surface area contributed by atoms with E-state index < -0.39 is 23.3 Å². The molecule has 4 atom stereocenters. The number of carbonyl (C=O) groups is 3. The van der Waals surface area contributed by atoms with Gasteiger partial charge in [-0.1, -0.05) is 44.4 Å². The van der Waals surface area contributed by atoms with Crippen LogP contribution in [0.2, 0.25) is 0 Å². The minimum absolute atomic E-state index is 0.0589. The first-order valence-electron chi connectivity index (χ1n) is 17.0. The molecule has 11 nitrogen and oxygen atoms in total. The zero-order chi connectivity index (χ0) is 38.1. The van der Waals surface area contributed by atoms with Crippen molar-refractivity contribution in [3.8, 4) is 0 Å². The predicted molar refractivity (Wildman–Crippen MR) is 202 cm³/mol. The van der Waals surface area contributed by atoms with Crippen LogP contribution in [0.4, 0.5) is 0 Å². The summed E-state index contributed by atoms with van der Waals surface area (Å²) in [6.45, 7) is 20.0. The number of esters is 3. The number of H-pyrrole nitrogens is 1. The van der Waals surface area contributed by atoms with E-state index in [1.54, 1.807) is 18.2 Å². The Labute approximate surface area is 303 Å². The quantitative estimate of drug-likeness (QED) is 0.131. The third-order valence-electron chi connectivity index (χ3n) is 10.6. The van der Waals surface area contributed by atoms with E-state index in [2.05, 4.69) is 37.0 Å². The van der Waals surface area contributed by atoms with Gasteiger partial charge in [0.2, 0.25) is 0 Å². The van der Waals surface area contributed by atoms with Crippen LogP contribution in [0.3, 0.4) is 0 Å². The first kappa shape index (κ1) is 37.5. The summed E-state index contributed by atoms with van der Waals surface area (Å²) in [5.41, 5.74) is 6.43. The zero-order valence-corrected chi connectivity index (χ0v) is 30.8. The van der Waals surface area contributed by atoms with Crippen LogP contribution >= 0.6 is 0 Å². The van der Waals surface area contributed by atoms with E-state index in [-0.39, 0.29) is 35.7 Å². The monoisotopic (exact) mass is 706 g/mol. The van der Waals surface area contributed by atoms with Gasteiger partial charge in [0.1, 0.15) is 11.7 Å². The van der Waals surface area contributed by atoms with Gasteiger partial charge >= 0.3 is 17.9 Å². The fourth-order valence-electron chi connectivity index (χ4n) is 7.50. The van der Waals surface area contributed by atoms with Gasteiger partial charge in [-0.3, -0.25) is 19.6 Å². The molecule has 1 aliphatic carbocycles. The lowest BCUT2D eigenvalue weighted by molar-refractivity contribution is -0.149. The summed E-state index contributed by atoms with van der Waals surface area (Å²) >= 11 is 0. The third kappa shape index (κ3) is 6.47. The summed E-state index contributed by atoms with van der Waals surface area (Å²) in [4.78, 5) is 52.0. The maximum atomic E-state index is 13.6. The molecule has 0 amide bonds. The van der Waals surface area contributed by atoms with Crippen molar-refractivity contribution in [2.45, 2.75) is 46.6 Å². The average Bonchev–Trinajstić information content (AvgIpc) is 3.82. The highest BCUT2D eigenvalue weighted by atomic mass is 16.5. The molecule has 0 bridgehead atoms. The van der Waals surface area contributed by atoms with Crippen molar-refractivity contribution in [1.29, 1.82) is 0 Å². The van der Waals surface area contributed by atoms with Crippen molar-refractivity contribution in [2.24, 2.45) is 27.2 Å². The number of aliphatic hydroxyl groups excluding tert-OH is 1. The van der Waals surface area contributed by atoms with E-state index >= 15 is 0 Å². The van der Waals surface area contributed by atoms with Crippen molar-refractivity contribution in [3.05, 3.63) is 111 Å². The molecule has 3 aliphatic heterocycles. The van der Waals surface area contributed by atoms with Crippen LogP contribution in [-0.4, -0.2) is 73.3 Å². The van der Waals surface area contributed by atoms with Gasteiger partial charge in [-0.15, -0.1) is 6.58 Å². The SMILES string of the molecule is C=CC1=C(C)C(/C=C2N=C(/C=c3\[nH]/c(=C\C4=C(CCC(=O)OC)C(C)C(C=C)N4)c(C(=C)O)c3C)[C@@]3(C)C\2=CC=C(C(=O)OC)[C@H]3C(=O)OC)=NC1. The molecule has 0 saturated heterocycles. The molecular formula is C41H46N4O7.